The molecule has 1 unspecified atom stereocenters. The van der Waals surface area contributed by atoms with Crippen molar-refractivity contribution >= 4 is 22.9 Å². The summed E-state index contributed by atoms with van der Waals surface area (Å²) in [6.07, 6.45) is 3.91. The van der Waals surface area contributed by atoms with Crippen molar-refractivity contribution in [3.05, 3.63) is 46.3 Å². The van der Waals surface area contributed by atoms with Crippen molar-refractivity contribution in [1.29, 1.82) is 0 Å². The Kier molecular flexibility index (Phi) is 4.45. The molecule has 2 aromatic rings. The smallest absolute Gasteiger partial charge is 0.0492 e. The third-order valence-electron chi connectivity index (χ3n) is 3.78. The molecule has 1 atom stereocenters. The first-order valence-corrected chi connectivity index (χ1v) is 8.57. The van der Waals surface area contributed by atoms with Gasteiger partial charge in [-0.3, -0.25) is 0 Å². The second kappa shape index (κ2) is 6.30. The molecule has 1 nitrogen and oxygen atoms in total. The predicted molar refractivity (Wildman–Crippen MR) is 88.5 cm³/mol. The largest absolute Gasteiger partial charge is 0.309 e. The first-order chi connectivity index (χ1) is 9.79. The zero-order valence-corrected chi connectivity index (χ0v) is 13.3. The van der Waals surface area contributed by atoms with E-state index in [1.54, 1.807) is 0 Å². The molecule has 0 spiro atoms. The molecule has 0 aliphatic heterocycles. The zero-order valence-electron chi connectivity index (χ0n) is 11.7. The first-order valence-electron chi connectivity index (χ1n) is 7.37. The Morgan fingerprint density at radius 1 is 1.25 bits per heavy atom. The first kappa shape index (κ1) is 14.1. The van der Waals surface area contributed by atoms with Crippen LogP contribution in [-0.4, -0.2) is 6.54 Å². The quantitative estimate of drug-likeness (QED) is 0.741. The van der Waals surface area contributed by atoms with E-state index in [9.17, 15) is 0 Å². The van der Waals surface area contributed by atoms with Gasteiger partial charge in [-0.05, 0) is 49.9 Å². The monoisotopic (exact) mass is 305 g/mol. The normalized spacial score (nSPS) is 16.3. The lowest BCUT2D eigenvalue weighted by Crippen LogP contribution is -2.22. The molecular formula is C17H20ClNS. The SMILES string of the molecule is CCCNC(c1ccc(-c2ccccc2Cl)s1)C1CC1. The van der Waals surface area contributed by atoms with Crippen molar-refractivity contribution in [1.82, 2.24) is 5.32 Å². The Balaban J connectivity index is 1.83. The standard InChI is InChI=1S/C17H20ClNS/c1-2-11-19-17(12-7-8-12)16-10-9-15(20-16)13-5-3-4-6-14(13)18/h3-6,9-10,12,17,19H,2,7-8,11H2,1H3. The van der Waals surface area contributed by atoms with Gasteiger partial charge in [0.15, 0.2) is 0 Å². The number of hydrogen-bond donors (Lipinski definition) is 1. The van der Waals surface area contributed by atoms with E-state index in [2.05, 4.69) is 30.4 Å². The second-order valence-corrected chi connectivity index (χ2v) is 6.97. The highest BCUT2D eigenvalue weighted by Gasteiger charge is 2.32. The Morgan fingerprint density at radius 2 is 2.05 bits per heavy atom. The summed E-state index contributed by atoms with van der Waals surface area (Å²) in [5.74, 6) is 0.833. The van der Waals surface area contributed by atoms with Gasteiger partial charge in [-0.2, -0.15) is 0 Å². The average Bonchev–Trinajstić information content (AvgIpc) is 3.18. The van der Waals surface area contributed by atoms with Crippen molar-refractivity contribution in [3.63, 3.8) is 0 Å². The minimum absolute atomic E-state index is 0.538. The average molecular weight is 306 g/mol. The molecule has 106 valence electrons. The molecule has 0 radical (unpaired) electrons. The number of halogens is 1. The predicted octanol–water partition coefficient (Wildman–Crippen LogP) is 5.52. The van der Waals surface area contributed by atoms with Gasteiger partial charge in [0.1, 0.15) is 0 Å². The van der Waals surface area contributed by atoms with E-state index >= 15 is 0 Å². The van der Waals surface area contributed by atoms with Gasteiger partial charge in [-0.25, -0.2) is 0 Å². The molecule has 0 saturated heterocycles. The molecule has 3 rings (SSSR count). The molecule has 1 aromatic heterocycles. The maximum Gasteiger partial charge on any atom is 0.0492 e. The van der Waals surface area contributed by atoms with Crippen LogP contribution in [0.3, 0.4) is 0 Å². The Morgan fingerprint density at radius 3 is 2.75 bits per heavy atom. The van der Waals surface area contributed by atoms with E-state index in [1.807, 2.05) is 29.5 Å². The van der Waals surface area contributed by atoms with E-state index in [0.29, 0.717) is 6.04 Å². The summed E-state index contributed by atoms with van der Waals surface area (Å²) in [4.78, 5) is 2.73. The van der Waals surface area contributed by atoms with Gasteiger partial charge in [-0.1, -0.05) is 36.7 Å². The van der Waals surface area contributed by atoms with Crippen LogP contribution in [-0.2, 0) is 0 Å². The highest BCUT2D eigenvalue weighted by molar-refractivity contribution is 7.15. The second-order valence-electron chi connectivity index (χ2n) is 5.45. The van der Waals surface area contributed by atoms with Gasteiger partial charge in [0.25, 0.3) is 0 Å². The summed E-state index contributed by atoms with van der Waals surface area (Å²) < 4.78 is 0. The van der Waals surface area contributed by atoms with Crippen LogP contribution in [0.25, 0.3) is 10.4 Å². The molecule has 3 heteroatoms. The van der Waals surface area contributed by atoms with Crippen LogP contribution in [0.1, 0.15) is 37.1 Å². The van der Waals surface area contributed by atoms with E-state index in [4.69, 9.17) is 11.6 Å². The third kappa shape index (κ3) is 3.08. The van der Waals surface area contributed by atoms with Crippen molar-refractivity contribution in [2.45, 2.75) is 32.2 Å². The van der Waals surface area contributed by atoms with Crippen LogP contribution in [0.5, 0.6) is 0 Å². The van der Waals surface area contributed by atoms with Crippen LogP contribution < -0.4 is 5.32 Å². The van der Waals surface area contributed by atoms with E-state index in [1.165, 1.54) is 29.0 Å². The topological polar surface area (TPSA) is 12.0 Å². The molecule has 0 bridgehead atoms. The lowest BCUT2D eigenvalue weighted by Gasteiger charge is -2.16. The highest BCUT2D eigenvalue weighted by atomic mass is 35.5. The van der Waals surface area contributed by atoms with Crippen LogP contribution in [0.15, 0.2) is 36.4 Å². The van der Waals surface area contributed by atoms with Crippen molar-refractivity contribution in [2.24, 2.45) is 5.92 Å². The number of rotatable bonds is 6. The van der Waals surface area contributed by atoms with Crippen LogP contribution in [0, 0.1) is 5.92 Å². The Bertz CT molecular complexity index is 574. The van der Waals surface area contributed by atoms with Crippen molar-refractivity contribution in [3.8, 4) is 10.4 Å². The van der Waals surface area contributed by atoms with Crippen LogP contribution in [0.4, 0.5) is 0 Å². The van der Waals surface area contributed by atoms with Gasteiger partial charge in [0.05, 0.1) is 0 Å². The summed E-state index contributed by atoms with van der Waals surface area (Å²) in [5.41, 5.74) is 1.15. The van der Waals surface area contributed by atoms with Gasteiger partial charge in [-0.15, -0.1) is 11.3 Å². The van der Waals surface area contributed by atoms with Crippen molar-refractivity contribution in [2.75, 3.05) is 6.54 Å². The van der Waals surface area contributed by atoms with Crippen molar-refractivity contribution < 1.29 is 0 Å². The van der Waals surface area contributed by atoms with E-state index in [-0.39, 0.29) is 0 Å². The molecule has 1 fully saturated rings. The number of nitrogens with one attached hydrogen (secondary N) is 1. The summed E-state index contributed by atoms with van der Waals surface area (Å²) in [7, 11) is 0. The molecule has 20 heavy (non-hydrogen) atoms. The fourth-order valence-electron chi connectivity index (χ4n) is 2.55. The minimum Gasteiger partial charge on any atom is -0.309 e. The van der Waals surface area contributed by atoms with Crippen LogP contribution in [0.2, 0.25) is 5.02 Å². The third-order valence-corrected chi connectivity index (χ3v) is 5.31. The van der Waals surface area contributed by atoms with E-state index < -0.39 is 0 Å². The molecule has 1 saturated carbocycles. The lowest BCUT2D eigenvalue weighted by molar-refractivity contribution is 0.488. The number of thiophene rings is 1. The molecular weight excluding hydrogens is 286 g/mol. The zero-order chi connectivity index (χ0) is 13.9. The van der Waals surface area contributed by atoms with Crippen LogP contribution >= 0.6 is 22.9 Å². The Labute approximate surface area is 130 Å². The maximum absolute atomic E-state index is 6.30. The maximum atomic E-state index is 6.30. The van der Waals surface area contributed by atoms with Gasteiger partial charge in [0, 0.05) is 26.4 Å². The molecule has 1 aromatic carbocycles. The summed E-state index contributed by atoms with van der Waals surface area (Å²) in [6.45, 7) is 3.32. The Hall–Kier alpha value is -0.830. The van der Waals surface area contributed by atoms with Gasteiger partial charge >= 0.3 is 0 Å². The minimum atomic E-state index is 0.538. The molecule has 1 aliphatic rings. The van der Waals surface area contributed by atoms with Gasteiger partial charge < -0.3 is 5.32 Å². The molecule has 1 aliphatic carbocycles. The fraction of sp³-hybridized carbons (Fsp3) is 0.412. The van der Waals surface area contributed by atoms with E-state index in [0.717, 1.165) is 23.0 Å². The number of hydrogen-bond acceptors (Lipinski definition) is 2. The molecule has 0 amide bonds. The lowest BCUT2D eigenvalue weighted by atomic mass is 10.1. The summed E-state index contributed by atoms with van der Waals surface area (Å²) in [6, 6.07) is 13.1. The van der Waals surface area contributed by atoms with Gasteiger partial charge in [0.2, 0.25) is 0 Å². The number of benzene rings is 1. The summed E-state index contributed by atoms with van der Waals surface area (Å²) >= 11 is 8.18. The fourth-order valence-corrected chi connectivity index (χ4v) is 4.07. The molecule has 1 N–H and O–H groups in total. The summed E-state index contributed by atoms with van der Waals surface area (Å²) in [5, 5.41) is 4.54. The molecule has 1 heterocycles. The highest BCUT2D eigenvalue weighted by Crippen LogP contribution is 2.44.